The first-order valence-electron chi connectivity index (χ1n) is 8.87. The summed E-state index contributed by atoms with van der Waals surface area (Å²) in [7, 11) is 0. The maximum atomic E-state index is 2.85. The van der Waals surface area contributed by atoms with Gasteiger partial charge in [0.1, 0.15) is 0 Å². The van der Waals surface area contributed by atoms with E-state index < -0.39 is 0 Å². The number of hydrogen-bond acceptors (Lipinski definition) is 2. The maximum absolute atomic E-state index is 2.85. The number of hydrogen-bond donors (Lipinski definition) is 0. The van der Waals surface area contributed by atoms with Gasteiger partial charge in [-0.3, -0.25) is 9.80 Å². The first kappa shape index (κ1) is 14.8. The van der Waals surface area contributed by atoms with Crippen molar-refractivity contribution in [3.8, 4) is 0 Å². The average molecular weight is 278 g/mol. The molecule has 3 rings (SSSR count). The van der Waals surface area contributed by atoms with Gasteiger partial charge < -0.3 is 0 Å². The van der Waals surface area contributed by atoms with E-state index >= 15 is 0 Å². The third-order valence-corrected chi connectivity index (χ3v) is 5.90. The summed E-state index contributed by atoms with van der Waals surface area (Å²) >= 11 is 0. The highest BCUT2D eigenvalue weighted by molar-refractivity contribution is 5.02. The Hall–Kier alpha value is -0.0800. The van der Waals surface area contributed by atoms with Gasteiger partial charge in [-0.15, -0.1) is 0 Å². The standard InChI is InChI=1S/C18H34N2/c1-13-8-14(2)12-19(11-13)17-9-15-6-7-16(10-17)20(15)18(3,4)5/h13-17H,6-12H2,1-5H3/t13-,14+,15?,16?,17?. The van der Waals surface area contributed by atoms with Gasteiger partial charge in [-0.05, 0) is 64.7 Å². The van der Waals surface area contributed by atoms with Crippen LogP contribution in [0.5, 0.6) is 0 Å². The predicted molar refractivity (Wildman–Crippen MR) is 85.9 cm³/mol. The number of likely N-dealkylation sites (tertiary alicyclic amines) is 1. The van der Waals surface area contributed by atoms with Crippen molar-refractivity contribution >= 4 is 0 Å². The fraction of sp³-hybridized carbons (Fsp3) is 1.00. The van der Waals surface area contributed by atoms with E-state index in [2.05, 4.69) is 44.4 Å². The molecule has 0 spiro atoms. The van der Waals surface area contributed by atoms with Crippen molar-refractivity contribution in [2.75, 3.05) is 13.1 Å². The molecule has 0 saturated carbocycles. The zero-order valence-electron chi connectivity index (χ0n) is 14.2. The summed E-state index contributed by atoms with van der Waals surface area (Å²) < 4.78 is 0. The number of nitrogens with zero attached hydrogens (tertiary/aromatic N) is 2. The minimum absolute atomic E-state index is 0.360. The Bertz CT molecular complexity index is 322. The fourth-order valence-electron chi connectivity index (χ4n) is 5.55. The predicted octanol–water partition coefficient (Wildman–Crippen LogP) is 3.76. The molecule has 0 aliphatic carbocycles. The van der Waals surface area contributed by atoms with Gasteiger partial charge in [-0.2, -0.15) is 0 Å². The first-order chi connectivity index (χ1) is 9.34. The highest BCUT2D eigenvalue weighted by atomic mass is 15.3. The largest absolute Gasteiger partial charge is 0.300 e. The van der Waals surface area contributed by atoms with Crippen LogP contribution in [-0.4, -0.2) is 46.6 Å². The van der Waals surface area contributed by atoms with E-state index in [1.54, 1.807) is 0 Å². The molecule has 0 N–H and O–H groups in total. The minimum atomic E-state index is 0.360. The lowest BCUT2D eigenvalue weighted by Crippen LogP contribution is -2.58. The van der Waals surface area contributed by atoms with Crippen molar-refractivity contribution in [3.05, 3.63) is 0 Å². The van der Waals surface area contributed by atoms with Gasteiger partial charge in [-0.25, -0.2) is 0 Å². The van der Waals surface area contributed by atoms with E-state index in [1.165, 1.54) is 45.2 Å². The van der Waals surface area contributed by atoms with Crippen LogP contribution in [0.3, 0.4) is 0 Å². The molecular weight excluding hydrogens is 244 g/mol. The molecule has 0 amide bonds. The van der Waals surface area contributed by atoms with Crippen molar-refractivity contribution in [2.45, 2.75) is 90.4 Å². The van der Waals surface area contributed by atoms with Gasteiger partial charge >= 0.3 is 0 Å². The molecule has 3 aliphatic heterocycles. The molecule has 3 heterocycles. The zero-order chi connectivity index (χ0) is 14.5. The van der Waals surface area contributed by atoms with Gasteiger partial charge in [0, 0.05) is 36.8 Å². The van der Waals surface area contributed by atoms with Crippen LogP contribution in [0.2, 0.25) is 0 Å². The highest BCUT2D eigenvalue weighted by Gasteiger charge is 2.46. The second-order valence-corrected chi connectivity index (χ2v) is 8.99. The van der Waals surface area contributed by atoms with Crippen LogP contribution in [0.25, 0.3) is 0 Å². The summed E-state index contributed by atoms with van der Waals surface area (Å²) in [6.45, 7) is 14.8. The summed E-state index contributed by atoms with van der Waals surface area (Å²) in [5.41, 5.74) is 0.360. The molecule has 2 bridgehead atoms. The van der Waals surface area contributed by atoms with Crippen LogP contribution in [0.15, 0.2) is 0 Å². The van der Waals surface area contributed by atoms with Crippen molar-refractivity contribution < 1.29 is 0 Å². The molecule has 20 heavy (non-hydrogen) atoms. The van der Waals surface area contributed by atoms with Gasteiger partial charge in [0.25, 0.3) is 0 Å². The van der Waals surface area contributed by atoms with Crippen LogP contribution in [-0.2, 0) is 0 Å². The molecule has 0 radical (unpaired) electrons. The molecule has 0 aromatic carbocycles. The van der Waals surface area contributed by atoms with Gasteiger partial charge in [0.15, 0.2) is 0 Å². The molecule has 3 saturated heterocycles. The van der Waals surface area contributed by atoms with E-state index in [-0.39, 0.29) is 0 Å². The fourth-order valence-corrected chi connectivity index (χ4v) is 5.55. The van der Waals surface area contributed by atoms with E-state index in [9.17, 15) is 0 Å². The van der Waals surface area contributed by atoms with E-state index in [0.717, 1.165) is 30.0 Å². The van der Waals surface area contributed by atoms with Crippen LogP contribution < -0.4 is 0 Å². The Morgan fingerprint density at radius 3 is 1.70 bits per heavy atom. The summed E-state index contributed by atoms with van der Waals surface area (Å²) in [6.07, 6.45) is 7.17. The minimum Gasteiger partial charge on any atom is -0.300 e. The SMILES string of the molecule is C[C@@H]1C[C@H](C)CN(C2CC3CCC(C2)N3C(C)(C)C)C1. The van der Waals surface area contributed by atoms with Crippen LogP contribution >= 0.6 is 0 Å². The second-order valence-electron chi connectivity index (χ2n) is 8.99. The molecule has 2 nitrogen and oxygen atoms in total. The molecule has 0 aromatic rings. The van der Waals surface area contributed by atoms with Crippen LogP contribution in [0.4, 0.5) is 0 Å². The van der Waals surface area contributed by atoms with E-state index in [4.69, 9.17) is 0 Å². The van der Waals surface area contributed by atoms with Crippen molar-refractivity contribution in [1.29, 1.82) is 0 Å². The Labute approximate surface area is 125 Å². The topological polar surface area (TPSA) is 6.48 Å². The molecule has 2 unspecified atom stereocenters. The maximum Gasteiger partial charge on any atom is 0.0130 e. The molecular formula is C18H34N2. The highest BCUT2D eigenvalue weighted by Crippen LogP contribution is 2.42. The molecule has 2 heteroatoms. The van der Waals surface area contributed by atoms with Gasteiger partial charge in [-0.1, -0.05) is 13.8 Å². The number of rotatable bonds is 1. The Balaban J connectivity index is 1.68. The molecule has 0 aromatic heterocycles. The molecule has 3 fully saturated rings. The third kappa shape index (κ3) is 2.78. The lowest BCUT2D eigenvalue weighted by molar-refractivity contribution is -0.0138. The smallest absolute Gasteiger partial charge is 0.0130 e. The van der Waals surface area contributed by atoms with Gasteiger partial charge in [0.2, 0.25) is 0 Å². The number of piperidine rings is 2. The normalized spacial score (nSPS) is 44.0. The van der Waals surface area contributed by atoms with Crippen molar-refractivity contribution in [3.63, 3.8) is 0 Å². The lowest BCUT2D eigenvalue weighted by atomic mass is 9.86. The van der Waals surface area contributed by atoms with Crippen LogP contribution in [0, 0.1) is 11.8 Å². The molecule has 3 aliphatic rings. The molecule has 4 atom stereocenters. The second kappa shape index (κ2) is 5.28. The monoisotopic (exact) mass is 278 g/mol. The Morgan fingerprint density at radius 2 is 1.25 bits per heavy atom. The summed E-state index contributed by atoms with van der Waals surface area (Å²) in [4.78, 5) is 5.70. The van der Waals surface area contributed by atoms with Crippen molar-refractivity contribution in [1.82, 2.24) is 9.80 Å². The van der Waals surface area contributed by atoms with E-state index in [0.29, 0.717) is 5.54 Å². The average Bonchev–Trinajstić information content (AvgIpc) is 2.60. The van der Waals surface area contributed by atoms with Crippen LogP contribution in [0.1, 0.15) is 66.7 Å². The zero-order valence-corrected chi connectivity index (χ0v) is 14.2. The summed E-state index contributed by atoms with van der Waals surface area (Å²) in [5.74, 6) is 1.80. The van der Waals surface area contributed by atoms with Crippen molar-refractivity contribution in [2.24, 2.45) is 11.8 Å². The Kier molecular flexibility index (Phi) is 3.92. The summed E-state index contributed by atoms with van der Waals surface area (Å²) in [6, 6.07) is 2.58. The van der Waals surface area contributed by atoms with E-state index in [1.807, 2.05) is 0 Å². The first-order valence-corrected chi connectivity index (χ1v) is 8.87. The quantitative estimate of drug-likeness (QED) is 0.720. The lowest BCUT2D eigenvalue weighted by Gasteiger charge is -2.50. The summed E-state index contributed by atoms with van der Waals surface area (Å²) in [5, 5.41) is 0. The molecule has 116 valence electrons. The van der Waals surface area contributed by atoms with Gasteiger partial charge in [0.05, 0.1) is 0 Å². The number of fused-ring (bicyclic) bond motifs is 2. The Morgan fingerprint density at radius 1 is 0.750 bits per heavy atom. The third-order valence-electron chi connectivity index (χ3n) is 5.90.